The molecular formula is C11H9NO3. The molecule has 4 heteroatoms. The zero-order valence-corrected chi connectivity index (χ0v) is 8.14. The quantitative estimate of drug-likeness (QED) is 0.553. The monoisotopic (exact) mass is 203 g/mol. The summed E-state index contributed by atoms with van der Waals surface area (Å²) in [7, 11) is 1.28. The minimum Gasteiger partial charge on any atom is -0.291 e. The molecule has 0 spiro atoms. The Balaban J connectivity index is 2.42. The molecule has 1 aromatic carbocycles. The Labute approximate surface area is 86.4 Å². The smallest absolute Gasteiger partial charge is 0.291 e. The van der Waals surface area contributed by atoms with Crippen molar-refractivity contribution in [3.05, 3.63) is 42.1 Å². The molecule has 2 aromatic rings. The van der Waals surface area contributed by atoms with Crippen molar-refractivity contribution in [2.45, 2.75) is 0 Å². The number of fused-ring (bicyclic) bond motifs is 1. The van der Waals surface area contributed by atoms with E-state index in [1.165, 1.54) is 7.11 Å². The first-order valence-corrected chi connectivity index (χ1v) is 4.42. The zero-order valence-electron chi connectivity index (χ0n) is 8.14. The summed E-state index contributed by atoms with van der Waals surface area (Å²) in [6, 6.07) is 10.9. The van der Waals surface area contributed by atoms with E-state index in [0.717, 1.165) is 10.9 Å². The fourth-order valence-corrected chi connectivity index (χ4v) is 1.30. The van der Waals surface area contributed by atoms with Gasteiger partial charge in [-0.3, -0.25) is 4.89 Å². The van der Waals surface area contributed by atoms with Gasteiger partial charge in [0, 0.05) is 5.39 Å². The lowest BCUT2D eigenvalue weighted by molar-refractivity contribution is -0.216. The van der Waals surface area contributed by atoms with E-state index in [4.69, 9.17) is 0 Å². The number of nitrogens with zero attached hydrogens (tertiary/aromatic N) is 1. The number of para-hydroxylation sites is 1. The van der Waals surface area contributed by atoms with Crippen LogP contribution in [-0.4, -0.2) is 18.1 Å². The molecule has 1 heterocycles. The molecule has 2 rings (SSSR count). The van der Waals surface area contributed by atoms with Gasteiger partial charge in [-0.1, -0.05) is 24.3 Å². The van der Waals surface area contributed by atoms with Gasteiger partial charge in [-0.15, -0.1) is 0 Å². The van der Waals surface area contributed by atoms with Crippen LogP contribution in [-0.2, 0) is 9.78 Å². The fourth-order valence-electron chi connectivity index (χ4n) is 1.30. The molecule has 0 aliphatic carbocycles. The third-order valence-corrected chi connectivity index (χ3v) is 1.97. The van der Waals surface area contributed by atoms with Gasteiger partial charge in [0.15, 0.2) is 5.69 Å². The molecule has 1 aromatic heterocycles. The Hall–Kier alpha value is -1.94. The maximum Gasteiger partial charge on any atom is 0.391 e. The maximum atomic E-state index is 11.3. The minimum atomic E-state index is -0.594. The van der Waals surface area contributed by atoms with Crippen molar-refractivity contribution in [3.8, 4) is 0 Å². The van der Waals surface area contributed by atoms with E-state index < -0.39 is 5.97 Å². The predicted molar refractivity (Wildman–Crippen MR) is 54.2 cm³/mol. The SMILES string of the molecule is COOC(=O)c1ccc2ccccc2n1. The molecular weight excluding hydrogens is 194 g/mol. The third-order valence-electron chi connectivity index (χ3n) is 1.97. The molecule has 4 nitrogen and oxygen atoms in total. The van der Waals surface area contributed by atoms with E-state index in [2.05, 4.69) is 14.8 Å². The summed E-state index contributed by atoms with van der Waals surface area (Å²) in [5, 5.41) is 0.978. The van der Waals surface area contributed by atoms with Crippen LogP contribution in [0.5, 0.6) is 0 Å². The van der Waals surface area contributed by atoms with Crippen molar-refractivity contribution in [1.82, 2.24) is 4.98 Å². The third kappa shape index (κ3) is 1.94. The number of aromatic nitrogens is 1. The van der Waals surface area contributed by atoms with Crippen molar-refractivity contribution in [2.75, 3.05) is 7.11 Å². The molecule has 15 heavy (non-hydrogen) atoms. The van der Waals surface area contributed by atoms with E-state index in [9.17, 15) is 4.79 Å². The Kier molecular flexibility index (Phi) is 2.60. The van der Waals surface area contributed by atoms with Gasteiger partial charge in [-0.25, -0.2) is 9.78 Å². The Bertz CT molecular complexity index is 496. The summed E-state index contributed by atoms with van der Waals surface area (Å²) in [4.78, 5) is 24.1. The van der Waals surface area contributed by atoms with Gasteiger partial charge in [0.2, 0.25) is 0 Å². The van der Waals surface area contributed by atoms with Crippen LogP contribution in [0.1, 0.15) is 10.5 Å². The Morgan fingerprint density at radius 2 is 2.00 bits per heavy atom. The van der Waals surface area contributed by atoms with Gasteiger partial charge in [-0.2, -0.15) is 4.89 Å². The van der Waals surface area contributed by atoms with Crippen molar-refractivity contribution in [1.29, 1.82) is 0 Å². The normalized spacial score (nSPS) is 10.2. The number of pyridine rings is 1. The summed E-state index contributed by atoms with van der Waals surface area (Å²) in [5.74, 6) is -0.594. The number of carbonyl (C=O) groups is 1. The summed E-state index contributed by atoms with van der Waals surface area (Å²) in [5.41, 5.74) is 0.985. The first kappa shape index (κ1) is 9.61. The summed E-state index contributed by atoms with van der Waals surface area (Å²) in [6.07, 6.45) is 0. The van der Waals surface area contributed by atoms with Crippen LogP contribution >= 0.6 is 0 Å². The van der Waals surface area contributed by atoms with E-state index in [-0.39, 0.29) is 5.69 Å². The molecule has 0 saturated heterocycles. The molecule has 0 aliphatic rings. The van der Waals surface area contributed by atoms with E-state index in [1.807, 2.05) is 30.3 Å². The highest BCUT2D eigenvalue weighted by Gasteiger charge is 2.09. The van der Waals surface area contributed by atoms with Crippen molar-refractivity contribution in [3.63, 3.8) is 0 Å². The predicted octanol–water partition coefficient (Wildman–Crippen LogP) is 1.95. The second-order valence-electron chi connectivity index (χ2n) is 2.93. The molecule has 0 atom stereocenters. The minimum absolute atomic E-state index is 0.232. The number of carbonyl (C=O) groups excluding carboxylic acids is 1. The Morgan fingerprint density at radius 3 is 2.80 bits per heavy atom. The summed E-state index contributed by atoms with van der Waals surface area (Å²) in [6.45, 7) is 0. The molecule has 0 radical (unpaired) electrons. The standard InChI is InChI=1S/C11H9NO3/c1-14-15-11(13)10-7-6-8-4-2-3-5-9(8)12-10/h2-7H,1H3. The van der Waals surface area contributed by atoms with E-state index in [0.29, 0.717) is 0 Å². The van der Waals surface area contributed by atoms with Crippen LogP contribution in [0.4, 0.5) is 0 Å². The maximum absolute atomic E-state index is 11.3. The topological polar surface area (TPSA) is 48.4 Å². The molecule has 0 aliphatic heterocycles. The van der Waals surface area contributed by atoms with Crippen molar-refractivity contribution in [2.24, 2.45) is 0 Å². The van der Waals surface area contributed by atoms with Crippen LogP contribution < -0.4 is 0 Å². The Morgan fingerprint density at radius 1 is 1.20 bits per heavy atom. The lowest BCUT2D eigenvalue weighted by atomic mass is 10.2. The average Bonchev–Trinajstić information content (AvgIpc) is 2.29. The summed E-state index contributed by atoms with van der Waals surface area (Å²) >= 11 is 0. The number of hydrogen-bond donors (Lipinski definition) is 0. The zero-order chi connectivity index (χ0) is 10.7. The molecule has 0 N–H and O–H groups in total. The van der Waals surface area contributed by atoms with Crippen LogP contribution in [0.3, 0.4) is 0 Å². The van der Waals surface area contributed by atoms with Gasteiger partial charge in [0.1, 0.15) is 0 Å². The average molecular weight is 203 g/mol. The molecule has 0 fully saturated rings. The second kappa shape index (κ2) is 4.06. The lowest BCUT2D eigenvalue weighted by Gasteiger charge is -2.00. The van der Waals surface area contributed by atoms with Crippen molar-refractivity contribution >= 4 is 16.9 Å². The fraction of sp³-hybridized carbons (Fsp3) is 0.0909. The first-order chi connectivity index (χ1) is 7.31. The molecule has 0 amide bonds. The molecule has 0 bridgehead atoms. The largest absolute Gasteiger partial charge is 0.391 e. The first-order valence-electron chi connectivity index (χ1n) is 4.42. The second-order valence-corrected chi connectivity index (χ2v) is 2.93. The highest BCUT2D eigenvalue weighted by Crippen LogP contribution is 2.12. The van der Waals surface area contributed by atoms with Gasteiger partial charge < -0.3 is 0 Å². The van der Waals surface area contributed by atoms with E-state index >= 15 is 0 Å². The van der Waals surface area contributed by atoms with Gasteiger partial charge in [0.05, 0.1) is 12.6 Å². The van der Waals surface area contributed by atoms with Gasteiger partial charge in [0.25, 0.3) is 0 Å². The summed E-state index contributed by atoms with van der Waals surface area (Å²) < 4.78 is 0. The number of hydrogen-bond acceptors (Lipinski definition) is 4. The van der Waals surface area contributed by atoms with Crippen LogP contribution in [0.25, 0.3) is 10.9 Å². The van der Waals surface area contributed by atoms with Gasteiger partial charge >= 0.3 is 5.97 Å². The number of benzene rings is 1. The molecule has 0 unspecified atom stereocenters. The highest BCUT2D eigenvalue weighted by molar-refractivity contribution is 5.90. The number of rotatable bonds is 2. The van der Waals surface area contributed by atoms with Crippen LogP contribution in [0.2, 0.25) is 0 Å². The van der Waals surface area contributed by atoms with Crippen LogP contribution in [0.15, 0.2) is 36.4 Å². The molecule has 76 valence electrons. The van der Waals surface area contributed by atoms with E-state index in [1.54, 1.807) is 6.07 Å². The van der Waals surface area contributed by atoms with Crippen LogP contribution in [0, 0.1) is 0 Å². The van der Waals surface area contributed by atoms with Crippen molar-refractivity contribution < 1.29 is 14.6 Å². The molecule has 0 saturated carbocycles. The lowest BCUT2D eigenvalue weighted by Crippen LogP contribution is -2.06. The van der Waals surface area contributed by atoms with Gasteiger partial charge in [-0.05, 0) is 12.1 Å². The highest BCUT2D eigenvalue weighted by atomic mass is 17.2.